The Hall–Kier alpha value is -1.03. The monoisotopic (exact) mass is 285 g/mol. The average Bonchev–Trinajstić information content (AvgIpc) is 2.15. The number of rotatable bonds is 2. The smallest absolute Gasteiger partial charge is 0.255 e. The Labute approximate surface area is 104 Å². The minimum atomic E-state index is -0.260. The highest BCUT2D eigenvalue weighted by atomic mass is 79.9. The van der Waals surface area contributed by atoms with Crippen LogP contribution in [0.25, 0.3) is 0 Å². The summed E-state index contributed by atoms with van der Waals surface area (Å²) in [5.74, 6) is 0.440. The van der Waals surface area contributed by atoms with Gasteiger partial charge in [0.25, 0.3) is 5.91 Å². The second-order valence-electron chi connectivity index (χ2n) is 4.55. The quantitative estimate of drug-likeness (QED) is 0.907. The largest absolute Gasteiger partial charge is 0.496 e. The first-order chi connectivity index (χ1) is 7.33. The summed E-state index contributed by atoms with van der Waals surface area (Å²) < 4.78 is 6.01. The van der Waals surface area contributed by atoms with Crippen molar-refractivity contribution in [2.45, 2.75) is 26.3 Å². The number of amides is 1. The van der Waals surface area contributed by atoms with Crippen LogP contribution in [0.1, 0.15) is 31.1 Å². The van der Waals surface area contributed by atoms with Gasteiger partial charge in [0.1, 0.15) is 5.75 Å². The summed E-state index contributed by atoms with van der Waals surface area (Å²) in [6.07, 6.45) is 0. The van der Waals surface area contributed by atoms with Gasteiger partial charge in [-0.15, -0.1) is 0 Å². The Morgan fingerprint density at radius 1 is 1.38 bits per heavy atom. The molecule has 0 saturated heterocycles. The first-order valence-corrected chi connectivity index (χ1v) is 5.79. The maximum absolute atomic E-state index is 12.0. The third-order valence-electron chi connectivity index (χ3n) is 1.89. The molecule has 0 unspecified atom stereocenters. The van der Waals surface area contributed by atoms with E-state index in [0.29, 0.717) is 11.3 Å². The summed E-state index contributed by atoms with van der Waals surface area (Å²) in [5, 5.41) is 2.90. The molecule has 1 N–H and O–H groups in total. The summed E-state index contributed by atoms with van der Waals surface area (Å²) in [6.45, 7) is 5.82. The van der Waals surface area contributed by atoms with Crippen LogP contribution in [0.5, 0.6) is 5.75 Å². The van der Waals surface area contributed by atoms with E-state index in [0.717, 1.165) is 4.47 Å². The normalized spacial score (nSPS) is 11.1. The number of carbonyl (C=O) groups excluding carboxylic acids is 1. The Balaban J connectivity index is 3.02. The predicted molar refractivity (Wildman–Crippen MR) is 67.9 cm³/mol. The molecule has 0 aliphatic carbocycles. The fraction of sp³-hybridized carbons (Fsp3) is 0.417. The lowest BCUT2D eigenvalue weighted by Crippen LogP contribution is -2.40. The van der Waals surface area contributed by atoms with E-state index >= 15 is 0 Å². The minimum Gasteiger partial charge on any atom is -0.496 e. The van der Waals surface area contributed by atoms with Crippen molar-refractivity contribution in [3.63, 3.8) is 0 Å². The van der Waals surface area contributed by atoms with Crippen LogP contribution in [0.2, 0.25) is 0 Å². The van der Waals surface area contributed by atoms with Crippen molar-refractivity contribution in [3.05, 3.63) is 28.2 Å². The maximum Gasteiger partial charge on any atom is 0.255 e. The van der Waals surface area contributed by atoms with Gasteiger partial charge in [-0.25, -0.2) is 0 Å². The standard InChI is InChI=1S/C12H16BrNO2/c1-12(2,3)14-11(15)9-7-8(13)5-6-10(9)16-4/h5-7H,1-4H3,(H,14,15). The van der Waals surface area contributed by atoms with Crippen molar-refractivity contribution < 1.29 is 9.53 Å². The molecular formula is C12H16BrNO2. The molecule has 0 aliphatic rings. The number of ether oxygens (including phenoxy) is 1. The lowest BCUT2D eigenvalue weighted by Gasteiger charge is -2.21. The number of hydrogen-bond acceptors (Lipinski definition) is 2. The molecule has 0 bridgehead atoms. The molecule has 0 heterocycles. The second-order valence-corrected chi connectivity index (χ2v) is 5.46. The van der Waals surface area contributed by atoms with Gasteiger partial charge in [0.2, 0.25) is 0 Å². The summed E-state index contributed by atoms with van der Waals surface area (Å²) in [5.41, 5.74) is 0.275. The number of methoxy groups -OCH3 is 1. The highest BCUT2D eigenvalue weighted by Gasteiger charge is 2.18. The topological polar surface area (TPSA) is 38.3 Å². The van der Waals surface area contributed by atoms with Crippen LogP contribution < -0.4 is 10.1 Å². The Kier molecular flexibility index (Phi) is 3.97. The van der Waals surface area contributed by atoms with Crippen LogP contribution >= 0.6 is 15.9 Å². The van der Waals surface area contributed by atoms with Gasteiger partial charge < -0.3 is 10.1 Å². The van der Waals surface area contributed by atoms with Crippen LogP contribution in [-0.4, -0.2) is 18.6 Å². The lowest BCUT2D eigenvalue weighted by molar-refractivity contribution is 0.0916. The van der Waals surface area contributed by atoms with E-state index in [1.807, 2.05) is 26.8 Å². The van der Waals surface area contributed by atoms with Crippen LogP contribution in [0, 0.1) is 0 Å². The maximum atomic E-state index is 12.0. The highest BCUT2D eigenvalue weighted by Crippen LogP contribution is 2.23. The van der Waals surface area contributed by atoms with Crippen molar-refractivity contribution in [3.8, 4) is 5.75 Å². The van der Waals surface area contributed by atoms with Gasteiger partial charge >= 0.3 is 0 Å². The van der Waals surface area contributed by atoms with Gasteiger partial charge in [-0.05, 0) is 39.0 Å². The zero-order valence-corrected chi connectivity index (χ0v) is 11.5. The number of nitrogens with one attached hydrogen (secondary N) is 1. The molecule has 16 heavy (non-hydrogen) atoms. The lowest BCUT2D eigenvalue weighted by atomic mass is 10.1. The Bertz CT molecular complexity index is 396. The summed E-state index contributed by atoms with van der Waals surface area (Å²) >= 11 is 3.34. The average molecular weight is 286 g/mol. The molecule has 4 heteroatoms. The van der Waals surface area contributed by atoms with Crippen molar-refractivity contribution in [1.82, 2.24) is 5.32 Å². The fourth-order valence-electron chi connectivity index (χ4n) is 1.27. The van der Waals surface area contributed by atoms with Gasteiger partial charge in [-0.3, -0.25) is 4.79 Å². The second kappa shape index (κ2) is 4.87. The summed E-state index contributed by atoms with van der Waals surface area (Å²) in [7, 11) is 1.55. The third-order valence-corrected chi connectivity index (χ3v) is 2.39. The van der Waals surface area contributed by atoms with Crippen molar-refractivity contribution >= 4 is 21.8 Å². The molecule has 0 spiro atoms. The molecule has 0 aliphatic heterocycles. The van der Waals surface area contributed by atoms with Crippen LogP contribution in [0.15, 0.2) is 22.7 Å². The number of carbonyl (C=O) groups is 1. The van der Waals surface area contributed by atoms with E-state index < -0.39 is 0 Å². The Morgan fingerprint density at radius 2 is 2.00 bits per heavy atom. The molecule has 0 fully saturated rings. The number of benzene rings is 1. The van der Waals surface area contributed by atoms with Crippen molar-refractivity contribution in [1.29, 1.82) is 0 Å². The molecular weight excluding hydrogens is 270 g/mol. The number of halogens is 1. The van der Waals surface area contributed by atoms with Crippen LogP contribution in [0.4, 0.5) is 0 Å². The SMILES string of the molecule is COc1ccc(Br)cc1C(=O)NC(C)(C)C. The molecule has 1 rings (SSSR count). The van der Waals surface area contributed by atoms with E-state index in [-0.39, 0.29) is 11.4 Å². The summed E-state index contributed by atoms with van der Waals surface area (Å²) in [6, 6.07) is 5.36. The first-order valence-electron chi connectivity index (χ1n) is 4.99. The molecule has 0 saturated carbocycles. The highest BCUT2D eigenvalue weighted by molar-refractivity contribution is 9.10. The molecule has 1 aromatic rings. The van der Waals surface area contributed by atoms with Crippen LogP contribution in [-0.2, 0) is 0 Å². The molecule has 1 aromatic carbocycles. The van der Waals surface area contributed by atoms with Gasteiger partial charge in [0.05, 0.1) is 12.7 Å². The molecule has 1 amide bonds. The van der Waals surface area contributed by atoms with E-state index in [2.05, 4.69) is 21.2 Å². The zero-order valence-electron chi connectivity index (χ0n) is 9.93. The van der Waals surface area contributed by atoms with E-state index in [4.69, 9.17) is 4.74 Å². The number of hydrogen-bond donors (Lipinski definition) is 1. The van der Waals surface area contributed by atoms with Crippen LogP contribution in [0.3, 0.4) is 0 Å². The van der Waals surface area contributed by atoms with Gasteiger partial charge in [-0.1, -0.05) is 15.9 Å². The van der Waals surface area contributed by atoms with Crippen molar-refractivity contribution in [2.24, 2.45) is 0 Å². The zero-order chi connectivity index (χ0) is 12.3. The van der Waals surface area contributed by atoms with Gasteiger partial charge in [0, 0.05) is 10.0 Å². The minimum absolute atomic E-state index is 0.134. The molecule has 0 radical (unpaired) electrons. The molecule has 0 atom stereocenters. The van der Waals surface area contributed by atoms with Crippen molar-refractivity contribution in [2.75, 3.05) is 7.11 Å². The third kappa shape index (κ3) is 3.52. The Morgan fingerprint density at radius 3 is 2.50 bits per heavy atom. The van der Waals surface area contributed by atoms with Gasteiger partial charge in [0.15, 0.2) is 0 Å². The van der Waals surface area contributed by atoms with Gasteiger partial charge in [-0.2, -0.15) is 0 Å². The molecule has 88 valence electrons. The molecule has 3 nitrogen and oxygen atoms in total. The fourth-order valence-corrected chi connectivity index (χ4v) is 1.63. The van der Waals surface area contributed by atoms with E-state index in [1.165, 1.54) is 0 Å². The molecule has 0 aromatic heterocycles. The predicted octanol–water partition coefficient (Wildman–Crippen LogP) is 2.99. The first kappa shape index (κ1) is 13.0. The van der Waals surface area contributed by atoms with E-state index in [9.17, 15) is 4.79 Å². The van der Waals surface area contributed by atoms with E-state index in [1.54, 1.807) is 19.2 Å². The summed E-state index contributed by atoms with van der Waals surface area (Å²) in [4.78, 5) is 12.0.